The Morgan fingerprint density at radius 1 is 1.00 bits per heavy atom. The third kappa shape index (κ3) is 5.44. The van der Waals surface area contributed by atoms with Gasteiger partial charge >= 0.3 is 0 Å². The van der Waals surface area contributed by atoms with Crippen LogP contribution in [0.15, 0.2) is 59.2 Å². The number of piperazine rings is 1. The van der Waals surface area contributed by atoms with E-state index in [-0.39, 0.29) is 17.4 Å². The number of anilines is 1. The highest BCUT2D eigenvalue weighted by Crippen LogP contribution is 2.16. The lowest BCUT2D eigenvalue weighted by Gasteiger charge is -2.34. The lowest BCUT2D eigenvalue weighted by atomic mass is 10.2. The van der Waals surface area contributed by atoms with Crippen LogP contribution >= 0.6 is 11.6 Å². The molecule has 1 amide bonds. The van der Waals surface area contributed by atoms with Crippen LogP contribution in [0.25, 0.3) is 0 Å². The van der Waals surface area contributed by atoms with Gasteiger partial charge in [0.2, 0.25) is 5.89 Å². The van der Waals surface area contributed by atoms with Gasteiger partial charge in [0.25, 0.3) is 5.91 Å². The number of hydrogen-bond acceptors (Lipinski definition) is 5. The van der Waals surface area contributed by atoms with Gasteiger partial charge in [0.15, 0.2) is 5.69 Å². The van der Waals surface area contributed by atoms with Crippen LogP contribution in [0.1, 0.15) is 21.9 Å². The number of nitrogens with one attached hydrogen (secondary N) is 1. The van der Waals surface area contributed by atoms with E-state index in [9.17, 15) is 9.18 Å². The normalized spacial score (nSPS) is 15.3. The molecule has 2 heterocycles. The summed E-state index contributed by atoms with van der Waals surface area (Å²) in [6, 6.07) is 13.5. The summed E-state index contributed by atoms with van der Waals surface area (Å²) < 4.78 is 18.5. The second kappa shape index (κ2) is 9.38. The average molecular weight is 429 g/mol. The number of halogens is 2. The van der Waals surface area contributed by atoms with E-state index < -0.39 is 0 Å². The Hall–Kier alpha value is -2.74. The van der Waals surface area contributed by atoms with Crippen molar-refractivity contribution in [2.45, 2.75) is 13.1 Å². The zero-order chi connectivity index (χ0) is 20.9. The minimum atomic E-state index is -0.323. The van der Waals surface area contributed by atoms with Crippen LogP contribution in [0, 0.1) is 5.82 Å². The van der Waals surface area contributed by atoms with Crippen LogP contribution in [-0.2, 0) is 13.1 Å². The van der Waals surface area contributed by atoms with Crippen molar-refractivity contribution < 1.29 is 13.6 Å². The van der Waals surface area contributed by atoms with Crippen molar-refractivity contribution in [1.29, 1.82) is 0 Å². The molecule has 0 saturated carbocycles. The molecule has 3 aromatic rings. The summed E-state index contributed by atoms with van der Waals surface area (Å²) >= 11 is 5.85. The molecule has 0 spiro atoms. The molecule has 0 atom stereocenters. The van der Waals surface area contributed by atoms with E-state index in [0.29, 0.717) is 23.1 Å². The summed E-state index contributed by atoms with van der Waals surface area (Å²) in [5.74, 6) is -0.0181. The molecule has 2 aromatic carbocycles. The molecule has 8 heteroatoms. The highest BCUT2D eigenvalue weighted by atomic mass is 35.5. The molecule has 0 radical (unpaired) electrons. The van der Waals surface area contributed by atoms with Crippen molar-refractivity contribution in [2.75, 3.05) is 31.5 Å². The number of carbonyl (C=O) groups is 1. The molecule has 4 rings (SSSR count). The number of benzene rings is 2. The first-order chi connectivity index (χ1) is 14.5. The Morgan fingerprint density at radius 2 is 1.63 bits per heavy atom. The van der Waals surface area contributed by atoms with E-state index in [0.717, 1.165) is 38.3 Å². The molecule has 1 saturated heterocycles. The fraction of sp³-hybridized carbons (Fsp3) is 0.273. The van der Waals surface area contributed by atoms with Gasteiger partial charge in [-0.1, -0.05) is 23.7 Å². The standard InChI is InChI=1S/C22H22ClFN4O2/c23-17-3-7-19(8-4-17)25-22(29)20-15-30-21(26-20)14-28-11-9-27(10-12-28)13-16-1-5-18(24)6-2-16/h1-8,15H,9-14H2,(H,25,29). The number of aromatic nitrogens is 1. The molecule has 1 N–H and O–H groups in total. The zero-order valence-corrected chi connectivity index (χ0v) is 17.1. The van der Waals surface area contributed by atoms with Crippen molar-refractivity contribution >= 4 is 23.2 Å². The Kier molecular flexibility index (Phi) is 6.42. The van der Waals surface area contributed by atoms with E-state index in [1.807, 2.05) is 12.1 Å². The molecule has 156 valence electrons. The van der Waals surface area contributed by atoms with Gasteiger partial charge in [-0.25, -0.2) is 9.37 Å². The quantitative estimate of drug-likeness (QED) is 0.642. The predicted molar refractivity (Wildman–Crippen MR) is 113 cm³/mol. The third-order valence-corrected chi connectivity index (χ3v) is 5.28. The van der Waals surface area contributed by atoms with Crippen molar-refractivity contribution in [3.63, 3.8) is 0 Å². The number of carbonyl (C=O) groups excluding carboxylic acids is 1. The zero-order valence-electron chi connectivity index (χ0n) is 16.4. The predicted octanol–water partition coefficient (Wildman–Crippen LogP) is 4.04. The Labute approximate surface area is 179 Å². The van der Waals surface area contributed by atoms with Gasteiger partial charge in [0, 0.05) is 43.4 Å². The summed E-state index contributed by atoms with van der Waals surface area (Å²) in [6.07, 6.45) is 1.38. The highest BCUT2D eigenvalue weighted by Gasteiger charge is 2.20. The first kappa shape index (κ1) is 20.5. The molecule has 1 aromatic heterocycles. The van der Waals surface area contributed by atoms with E-state index in [1.54, 1.807) is 24.3 Å². The largest absolute Gasteiger partial charge is 0.447 e. The fourth-order valence-corrected chi connectivity index (χ4v) is 3.49. The van der Waals surface area contributed by atoms with Crippen molar-refractivity contribution in [1.82, 2.24) is 14.8 Å². The number of nitrogens with zero attached hydrogens (tertiary/aromatic N) is 3. The second-order valence-electron chi connectivity index (χ2n) is 7.27. The number of rotatable bonds is 6. The molecule has 6 nitrogen and oxygen atoms in total. The highest BCUT2D eigenvalue weighted by molar-refractivity contribution is 6.30. The van der Waals surface area contributed by atoms with Gasteiger partial charge in [0.05, 0.1) is 6.54 Å². The number of amides is 1. The first-order valence-corrected chi connectivity index (χ1v) is 10.1. The van der Waals surface area contributed by atoms with Gasteiger partial charge in [-0.15, -0.1) is 0 Å². The molecule has 1 aliphatic heterocycles. The van der Waals surface area contributed by atoms with Gasteiger partial charge in [0.1, 0.15) is 12.1 Å². The van der Waals surface area contributed by atoms with Crippen LogP contribution in [0.2, 0.25) is 5.02 Å². The monoisotopic (exact) mass is 428 g/mol. The molecular formula is C22H22ClFN4O2. The van der Waals surface area contributed by atoms with Crippen LogP contribution in [0.4, 0.5) is 10.1 Å². The lowest BCUT2D eigenvalue weighted by molar-refractivity contribution is 0.102. The van der Waals surface area contributed by atoms with Crippen molar-refractivity contribution in [2.24, 2.45) is 0 Å². The molecule has 0 bridgehead atoms. The minimum Gasteiger partial charge on any atom is -0.447 e. The average Bonchev–Trinajstić information content (AvgIpc) is 3.21. The fourth-order valence-electron chi connectivity index (χ4n) is 3.36. The maximum atomic E-state index is 13.0. The van der Waals surface area contributed by atoms with Crippen LogP contribution in [-0.4, -0.2) is 46.9 Å². The van der Waals surface area contributed by atoms with Gasteiger partial charge in [-0.3, -0.25) is 14.6 Å². The maximum Gasteiger partial charge on any atom is 0.277 e. The van der Waals surface area contributed by atoms with Crippen LogP contribution < -0.4 is 5.32 Å². The van der Waals surface area contributed by atoms with Crippen molar-refractivity contribution in [3.05, 3.63) is 82.8 Å². The topological polar surface area (TPSA) is 61.6 Å². The lowest BCUT2D eigenvalue weighted by Crippen LogP contribution is -2.45. The number of hydrogen-bond donors (Lipinski definition) is 1. The molecule has 1 fully saturated rings. The Morgan fingerprint density at radius 3 is 2.30 bits per heavy atom. The van der Waals surface area contributed by atoms with E-state index in [4.69, 9.17) is 16.0 Å². The summed E-state index contributed by atoms with van der Waals surface area (Å²) in [4.78, 5) is 21.2. The summed E-state index contributed by atoms with van der Waals surface area (Å²) in [7, 11) is 0. The summed E-state index contributed by atoms with van der Waals surface area (Å²) in [5, 5.41) is 3.38. The van der Waals surface area contributed by atoms with Crippen LogP contribution in [0.3, 0.4) is 0 Å². The van der Waals surface area contributed by atoms with E-state index in [1.165, 1.54) is 18.4 Å². The van der Waals surface area contributed by atoms with Gasteiger partial charge in [-0.2, -0.15) is 0 Å². The number of oxazole rings is 1. The molecule has 0 aliphatic carbocycles. The third-order valence-electron chi connectivity index (χ3n) is 5.03. The van der Waals surface area contributed by atoms with Crippen molar-refractivity contribution in [3.8, 4) is 0 Å². The second-order valence-corrected chi connectivity index (χ2v) is 7.70. The van der Waals surface area contributed by atoms with Gasteiger partial charge < -0.3 is 9.73 Å². The van der Waals surface area contributed by atoms with Crippen LogP contribution in [0.5, 0.6) is 0 Å². The van der Waals surface area contributed by atoms with E-state index in [2.05, 4.69) is 20.1 Å². The molecular weight excluding hydrogens is 407 g/mol. The summed E-state index contributed by atoms with van der Waals surface area (Å²) in [5.41, 5.74) is 2.00. The summed E-state index contributed by atoms with van der Waals surface area (Å²) in [6.45, 7) is 4.91. The Balaban J connectivity index is 1.25. The van der Waals surface area contributed by atoms with Gasteiger partial charge in [-0.05, 0) is 42.0 Å². The molecule has 1 aliphatic rings. The molecule has 0 unspecified atom stereocenters. The minimum absolute atomic E-state index is 0.212. The Bertz CT molecular complexity index is 983. The molecule has 30 heavy (non-hydrogen) atoms. The maximum absolute atomic E-state index is 13.0. The SMILES string of the molecule is O=C(Nc1ccc(Cl)cc1)c1coc(CN2CCN(Cc3ccc(F)cc3)CC2)n1. The first-order valence-electron chi connectivity index (χ1n) is 9.76. The smallest absolute Gasteiger partial charge is 0.277 e. The van der Waals surface area contributed by atoms with E-state index >= 15 is 0 Å².